The van der Waals surface area contributed by atoms with Crippen LogP contribution in [0.15, 0.2) is 18.3 Å². The molecule has 1 saturated heterocycles. The molecule has 2 rings (SSSR count). The molecule has 0 saturated carbocycles. The lowest BCUT2D eigenvalue weighted by atomic mass is 10.1. The van der Waals surface area contributed by atoms with Crippen LogP contribution in [-0.4, -0.2) is 41.5 Å². The van der Waals surface area contributed by atoms with Gasteiger partial charge in [-0.15, -0.1) is 0 Å². The minimum atomic E-state index is 0.0631. The second-order valence-electron chi connectivity index (χ2n) is 5.35. The van der Waals surface area contributed by atoms with Gasteiger partial charge in [0, 0.05) is 25.3 Å². The quantitative estimate of drug-likeness (QED) is 0.830. The summed E-state index contributed by atoms with van der Waals surface area (Å²) in [6, 6.07) is 4.29. The van der Waals surface area contributed by atoms with Gasteiger partial charge in [0.1, 0.15) is 0 Å². The number of nitrogens with two attached hydrogens (primary N) is 1. The molecule has 0 radical (unpaired) electrons. The number of hydrogen-bond donors (Lipinski definition) is 2. The van der Waals surface area contributed by atoms with E-state index in [1.54, 1.807) is 6.20 Å². The molecule has 1 aliphatic rings. The molecule has 0 aliphatic carbocycles. The highest BCUT2D eigenvalue weighted by Crippen LogP contribution is 2.08. The second-order valence-corrected chi connectivity index (χ2v) is 5.35. The maximum Gasteiger partial charge on any atom is 0.234 e. The Kier molecular flexibility index (Phi) is 5.49. The lowest BCUT2D eigenvalue weighted by molar-refractivity contribution is -0.122. The van der Waals surface area contributed by atoms with E-state index in [0.29, 0.717) is 19.1 Å². The summed E-state index contributed by atoms with van der Waals surface area (Å²) in [7, 11) is 0. The van der Waals surface area contributed by atoms with Crippen LogP contribution in [0.3, 0.4) is 0 Å². The largest absolute Gasteiger partial charge is 0.349 e. The van der Waals surface area contributed by atoms with E-state index in [9.17, 15) is 4.79 Å². The first-order chi connectivity index (χ1) is 9.69. The zero-order valence-corrected chi connectivity index (χ0v) is 12.1. The van der Waals surface area contributed by atoms with Crippen LogP contribution in [0.2, 0.25) is 0 Å². The molecule has 1 aromatic heterocycles. The Labute approximate surface area is 120 Å². The van der Waals surface area contributed by atoms with Gasteiger partial charge in [0.15, 0.2) is 0 Å². The summed E-state index contributed by atoms with van der Waals surface area (Å²) in [4.78, 5) is 18.5. The number of nitrogens with zero attached hydrogens (tertiary/aromatic N) is 2. The molecule has 20 heavy (non-hydrogen) atoms. The molecule has 0 atom stereocenters. The number of amides is 1. The fraction of sp³-hybridized carbons (Fsp3) is 0.600. The molecular weight excluding hydrogens is 252 g/mol. The van der Waals surface area contributed by atoms with Crippen molar-refractivity contribution in [3.63, 3.8) is 0 Å². The zero-order valence-electron chi connectivity index (χ0n) is 12.1. The molecular formula is C15H24N4O. The number of piperidine rings is 1. The van der Waals surface area contributed by atoms with Crippen molar-refractivity contribution in [2.24, 2.45) is 5.73 Å². The predicted molar refractivity (Wildman–Crippen MR) is 79.1 cm³/mol. The fourth-order valence-electron chi connectivity index (χ4n) is 2.50. The van der Waals surface area contributed by atoms with E-state index in [1.165, 1.54) is 5.56 Å². The van der Waals surface area contributed by atoms with Crippen molar-refractivity contribution in [1.82, 2.24) is 15.2 Å². The van der Waals surface area contributed by atoms with E-state index < -0.39 is 0 Å². The molecule has 0 spiro atoms. The lowest BCUT2D eigenvalue weighted by Gasteiger charge is -2.29. The highest BCUT2D eigenvalue weighted by molar-refractivity contribution is 5.78. The summed E-state index contributed by atoms with van der Waals surface area (Å²) in [5, 5.41) is 2.96. The summed E-state index contributed by atoms with van der Waals surface area (Å²) >= 11 is 0. The van der Waals surface area contributed by atoms with E-state index in [2.05, 4.69) is 28.2 Å². The van der Waals surface area contributed by atoms with Crippen molar-refractivity contribution in [1.29, 1.82) is 0 Å². The molecule has 0 unspecified atom stereocenters. The van der Waals surface area contributed by atoms with Gasteiger partial charge in [-0.3, -0.25) is 14.7 Å². The summed E-state index contributed by atoms with van der Waals surface area (Å²) in [5.41, 5.74) is 8.01. The average molecular weight is 276 g/mol. The van der Waals surface area contributed by atoms with Crippen LogP contribution < -0.4 is 11.1 Å². The highest BCUT2D eigenvalue weighted by Gasteiger charge is 2.18. The van der Waals surface area contributed by atoms with Crippen LogP contribution in [-0.2, 0) is 17.8 Å². The molecule has 1 fully saturated rings. The minimum absolute atomic E-state index is 0.0631. The Hall–Kier alpha value is -1.46. The van der Waals surface area contributed by atoms with Crippen LogP contribution >= 0.6 is 0 Å². The molecule has 110 valence electrons. The normalized spacial score (nSPS) is 17.1. The number of rotatable bonds is 5. The molecule has 0 aromatic carbocycles. The Bertz CT molecular complexity index is 441. The molecule has 1 aliphatic heterocycles. The van der Waals surface area contributed by atoms with Crippen LogP contribution in [0.25, 0.3) is 0 Å². The average Bonchev–Trinajstić information content (AvgIpc) is 2.48. The summed E-state index contributed by atoms with van der Waals surface area (Å²) in [6.45, 7) is 4.90. The van der Waals surface area contributed by atoms with Crippen LogP contribution in [0.5, 0.6) is 0 Å². The monoisotopic (exact) mass is 276 g/mol. The summed E-state index contributed by atoms with van der Waals surface area (Å²) in [6.07, 6.45) is 4.66. The lowest BCUT2D eigenvalue weighted by Crippen LogP contribution is -2.44. The number of aryl methyl sites for hydroxylation is 1. The Morgan fingerprint density at radius 2 is 2.25 bits per heavy atom. The van der Waals surface area contributed by atoms with E-state index >= 15 is 0 Å². The SMILES string of the molecule is CCc1cccnc1CNC(=O)CN1CCC(N)CC1. The maximum atomic E-state index is 12.0. The van der Waals surface area contributed by atoms with E-state index in [4.69, 9.17) is 5.73 Å². The Morgan fingerprint density at radius 1 is 1.50 bits per heavy atom. The van der Waals surface area contributed by atoms with E-state index in [1.807, 2.05) is 6.07 Å². The standard InChI is InChI=1S/C15H24N4O/c1-2-12-4-3-7-17-14(12)10-18-15(20)11-19-8-5-13(16)6-9-19/h3-4,7,13H,2,5-6,8-11,16H2,1H3,(H,18,20). The number of carbonyl (C=O) groups is 1. The molecule has 5 heteroatoms. The van der Waals surface area contributed by atoms with Gasteiger partial charge in [-0.2, -0.15) is 0 Å². The molecule has 2 heterocycles. The predicted octanol–water partition coefficient (Wildman–Crippen LogP) is 0.683. The number of nitrogens with one attached hydrogen (secondary N) is 1. The van der Waals surface area contributed by atoms with Gasteiger partial charge in [0.2, 0.25) is 5.91 Å². The van der Waals surface area contributed by atoms with Crippen molar-refractivity contribution in [2.45, 2.75) is 38.8 Å². The summed E-state index contributed by atoms with van der Waals surface area (Å²) in [5.74, 6) is 0.0631. The fourth-order valence-corrected chi connectivity index (χ4v) is 2.50. The van der Waals surface area contributed by atoms with Gasteiger partial charge in [-0.25, -0.2) is 0 Å². The van der Waals surface area contributed by atoms with Crippen molar-refractivity contribution in [3.8, 4) is 0 Å². The third kappa shape index (κ3) is 4.28. The van der Waals surface area contributed by atoms with Crippen LogP contribution in [0, 0.1) is 0 Å². The van der Waals surface area contributed by atoms with E-state index in [-0.39, 0.29) is 5.91 Å². The van der Waals surface area contributed by atoms with Gasteiger partial charge in [-0.1, -0.05) is 13.0 Å². The van der Waals surface area contributed by atoms with Crippen LogP contribution in [0.1, 0.15) is 31.0 Å². The first kappa shape index (κ1) is 14.9. The third-order valence-corrected chi connectivity index (χ3v) is 3.82. The maximum absolute atomic E-state index is 12.0. The van der Waals surface area contributed by atoms with Gasteiger partial charge in [0.05, 0.1) is 18.8 Å². The Morgan fingerprint density at radius 3 is 2.95 bits per heavy atom. The molecule has 0 bridgehead atoms. The van der Waals surface area contributed by atoms with Crippen molar-refractivity contribution >= 4 is 5.91 Å². The smallest absolute Gasteiger partial charge is 0.234 e. The van der Waals surface area contributed by atoms with Gasteiger partial charge < -0.3 is 11.1 Å². The number of hydrogen-bond acceptors (Lipinski definition) is 4. The topological polar surface area (TPSA) is 71.2 Å². The van der Waals surface area contributed by atoms with Crippen LogP contribution in [0.4, 0.5) is 0 Å². The molecule has 1 amide bonds. The molecule has 3 N–H and O–H groups in total. The zero-order chi connectivity index (χ0) is 14.4. The van der Waals surface area contributed by atoms with Gasteiger partial charge in [0.25, 0.3) is 0 Å². The van der Waals surface area contributed by atoms with E-state index in [0.717, 1.165) is 38.0 Å². The molecule has 5 nitrogen and oxygen atoms in total. The minimum Gasteiger partial charge on any atom is -0.349 e. The van der Waals surface area contributed by atoms with Crippen molar-refractivity contribution in [2.75, 3.05) is 19.6 Å². The van der Waals surface area contributed by atoms with Crippen molar-refractivity contribution in [3.05, 3.63) is 29.6 Å². The third-order valence-electron chi connectivity index (χ3n) is 3.82. The van der Waals surface area contributed by atoms with Gasteiger partial charge >= 0.3 is 0 Å². The molecule has 1 aromatic rings. The number of likely N-dealkylation sites (tertiary alicyclic amines) is 1. The number of pyridine rings is 1. The number of aromatic nitrogens is 1. The number of carbonyl (C=O) groups excluding carboxylic acids is 1. The first-order valence-corrected chi connectivity index (χ1v) is 7.36. The second kappa shape index (κ2) is 7.36. The van der Waals surface area contributed by atoms with Gasteiger partial charge in [-0.05, 0) is 30.9 Å². The first-order valence-electron chi connectivity index (χ1n) is 7.36. The Balaban J connectivity index is 1.77. The van der Waals surface area contributed by atoms with Crippen molar-refractivity contribution < 1.29 is 4.79 Å². The summed E-state index contributed by atoms with van der Waals surface area (Å²) < 4.78 is 0. The highest BCUT2D eigenvalue weighted by atomic mass is 16.2.